The van der Waals surface area contributed by atoms with Crippen molar-refractivity contribution < 1.29 is 4.79 Å². The predicted molar refractivity (Wildman–Crippen MR) is 93.2 cm³/mol. The molecule has 23 heavy (non-hydrogen) atoms. The first-order valence-corrected chi connectivity index (χ1v) is 9.08. The number of rotatable bonds is 7. The third kappa shape index (κ3) is 5.05. The van der Waals surface area contributed by atoms with Crippen LogP contribution >= 0.6 is 0 Å². The van der Waals surface area contributed by atoms with Crippen molar-refractivity contribution in [2.24, 2.45) is 5.92 Å². The lowest BCUT2D eigenvalue weighted by atomic mass is 10.0. The Bertz CT molecular complexity index is 479. The van der Waals surface area contributed by atoms with Crippen molar-refractivity contribution in [3.63, 3.8) is 0 Å². The number of nitrogens with zero attached hydrogens (tertiary/aromatic N) is 1. The SMILES string of the molecule is O=C(CCC1CCNC1)NC(CN1CCCC1)c1ccccc1. The first-order chi connectivity index (χ1) is 11.3. The average molecular weight is 315 g/mol. The second kappa shape index (κ2) is 8.46. The summed E-state index contributed by atoms with van der Waals surface area (Å²) in [6.45, 7) is 5.43. The minimum absolute atomic E-state index is 0.114. The smallest absolute Gasteiger partial charge is 0.220 e. The highest BCUT2D eigenvalue weighted by atomic mass is 16.1. The van der Waals surface area contributed by atoms with Crippen LogP contribution in [-0.2, 0) is 4.79 Å². The van der Waals surface area contributed by atoms with Crippen LogP contribution in [0.4, 0.5) is 0 Å². The van der Waals surface area contributed by atoms with Crippen LogP contribution in [0.15, 0.2) is 30.3 Å². The van der Waals surface area contributed by atoms with E-state index in [1.807, 2.05) is 6.07 Å². The highest BCUT2D eigenvalue weighted by molar-refractivity contribution is 5.76. The molecular weight excluding hydrogens is 286 g/mol. The van der Waals surface area contributed by atoms with Gasteiger partial charge in [-0.25, -0.2) is 0 Å². The van der Waals surface area contributed by atoms with E-state index in [4.69, 9.17) is 0 Å². The molecule has 2 aliphatic rings. The van der Waals surface area contributed by atoms with Crippen LogP contribution in [-0.4, -0.2) is 43.5 Å². The van der Waals surface area contributed by atoms with Crippen LogP contribution < -0.4 is 10.6 Å². The van der Waals surface area contributed by atoms with Gasteiger partial charge in [-0.15, -0.1) is 0 Å². The Morgan fingerprint density at radius 3 is 2.74 bits per heavy atom. The molecule has 1 aromatic carbocycles. The zero-order valence-electron chi connectivity index (χ0n) is 14.0. The van der Waals surface area contributed by atoms with Crippen LogP contribution in [0.2, 0.25) is 0 Å². The van der Waals surface area contributed by atoms with E-state index < -0.39 is 0 Å². The lowest BCUT2D eigenvalue weighted by Gasteiger charge is -2.25. The molecule has 4 nitrogen and oxygen atoms in total. The third-order valence-corrected chi connectivity index (χ3v) is 5.12. The van der Waals surface area contributed by atoms with Crippen molar-refractivity contribution in [2.45, 2.75) is 38.1 Å². The molecule has 1 amide bonds. The summed E-state index contributed by atoms with van der Waals surface area (Å²) in [6.07, 6.45) is 5.43. The Kier molecular flexibility index (Phi) is 6.06. The fraction of sp³-hybridized carbons (Fsp3) is 0.632. The quantitative estimate of drug-likeness (QED) is 0.812. The van der Waals surface area contributed by atoms with E-state index >= 15 is 0 Å². The summed E-state index contributed by atoms with van der Waals surface area (Å²) in [6, 6.07) is 10.5. The first-order valence-electron chi connectivity index (χ1n) is 9.08. The van der Waals surface area contributed by atoms with E-state index in [0.29, 0.717) is 12.3 Å². The summed E-state index contributed by atoms with van der Waals surface area (Å²) in [7, 11) is 0. The number of amides is 1. The van der Waals surface area contributed by atoms with Gasteiger partial charge in [0.15, 0.2) is 0 Å². The Balaban J connectivity index is 1.54. The van der Waals surface area contributed by atoms with Gasteiger partial charge >= 0.3 is 0 Å². The van der Waals surface area contributed by atoms with Gasteiger partial charge in [0, 0.05) is 13.0 Å². The Morgan fingerprint density at radius 2 is 2.04 bits per heavy atom. The minimum atomic E-state index is 0.114. The number of benzene rings is 1. The zero-order chi connectivity index (χ0) is 15.9. The summed E-state index contributed by atoms with van der Waals surface area (Å²) in [5, 5.41) is 6.66. The Morgan fingerprint density at radius 1 is 1.26 bits per heavy atom. The van der Waals surface area contributed by atoms with E-state index in [1.54, 1.807) is 0 Å². The zero-order valence-corrected chi connectivity index (χ0v) is 14.0. The van der Waals surface area contributed by atoms with Gasteiger partial charge in [-0.1, -0.05) is 30.3 Å². The molecule has 2 unspecified atom stereocenters. The van der Waals surface area contributed by atoms with Crippen LogP contribution in [0.1, 0.15) is 43.7 Å². The molecule has 2 aliphatic heterocycles. The van der Waals surface area contributed by atoms with Crippen molar-refractivity contribution in [3.8, 4) is 0 Å². The molecule has 126 valence electrons. The average Bonchev–Trinajstić information content (AvgIpc) is 3.27. The van der Waals surface area contributed by atoms with E-state index in [1.165, 1.54) is 24.8 Å². The van der Waals surface area contributed by atoms with Crippen molar-refractivity contribution >= 4 is 5.91 Å². The molecule has 1 aromatic rings. The molecule has 0 aliphatic carbocycles. The largest absolute Gasteiger partial charge is 0.348 e. The third-order valence-electron chi connectivity index (χ3n) is 5.12. The number of likely N-dealkylation sites (tertiary alicyclic amines) is 1. The maximum Gasteiger partial charge on any atom is 0.220 e. The molecule has 4 heteroatoms. The number of carbonyl (C=O) groups excluding carboxylic acids is 1. The minimum Gasteiger partial charge on any atom is -0.348 e. The monoisotopic (exact) mass is 315 g/mol. The molecule has 0 radical (unpaired) electrons. The van der Waals surface area contributed by atoms with Gasteiger partial charge in [0.25, 0.3) is 0 Å². The molecule has 0 saturated carbocycles. The highest BCUT2D eigenvalue weighted by Gasteiger charge is 2.21. The van der Waals surface area contributed by atoms with Gasteiger partial charge in [0.05, 0.1) is 6.04 Å². The number of nitrogens with one attached hydrogen (secondary N) is 2. The summed E-state index contributed by atoms with van der Waals surface area (Å²) >= 11 is 0. The number of carbonyl (C=O) groups is 1. The molecule has 2 N–H and O–H groups in total. The van der Waals surface area contributed by atoms with Crippen molar-refractivity contribution in [3.05, 3.63) is 35.9 Å². The first kappa shape index (κ1) is 16.5. The predicted octanol–water partition coefficient (Wildman–Crippen LogP) is 2.33. The van der Waals surface area contributed by atoms with Gasteiger partial charge < -0.3 is 15.5 Å². The van der Waals surface area contributed by atoms with E-state index in [9.17, 15) is 4.79 Å². The maximum absolute atomic E-state index is 12.4. The topological polar surface area (TPSA) is 44.4 Å². The standard InChI is InChI=1S/C19H29N3O/c23-19(9-8-16-10-11-20-14-16)21-18(15-22-12-4-5-13-22)17-6-2-1-3-7-17/h1-3,6-7,16,18,20H,4-5,8-15H2,(H,21,23). The van der Waals surface area contributed by atoms with Crippen LogP contribution in [0.3, 0.4) is 0 Å². The highest BCUT2D eigenvalue weighted by Crippen LogP contribution is 2.19. The molecule has 0 aromatic heterocycles. The second-order valence-electron chi connectivity index (χ2n) is 6.94. The second-order valence-corrected chi connectivity index (χ2v) is 6.94. The van der Waals surface area contributed by atoms with Crippen LogP contribution in [0.5, 0.6) is 0 Å². The van der Waals surface area contributed by atoms with E-state index in [-0.39, 0.29) is 11.9 Å². The summed E-state index contributed by atoms with van der Waals surface area (Å²) < 4.78 is 0. The molecule has 2 heterocycles. The molecule has 0 bridgehead atoms. The molecule has 2 fully saturated rings. The molecular formula is C19H29N3O. The maximum atomic E-state index is 12.4. The summed E-state index contributed by atoms with van der Waals surface area (Å²) in [5.74, 6) is 0.874. The van der Waals surface area contributed by atoms with Gasteiger partial charge in [0.1, 0.15) is 0 Å². The lowest BCUT2D eigenvalue weighted by molar-refractivity contribution is -0.122. The molecule has 0 spiro atoms. The Labute approximate surface area is 139 Å². The van der Waals surface area contributed by atoms with Crippen molar-refractivity contribution in [2.75, 3.05) is 32.7 Å². The molecule has 3 rings (SSSR count). The van der Waals surface area contributed by atoms with Crippen LogP contribution in [0.25, 0.3) is 0 Å². The normalized spacial score (nSPS) is 23.0. The number of hydrogen-bond acceptors (Lipinski definition) is 3. The summed E-state index contributed by atoms with van der Waals surface area (Å²) in [5.41, 5.74) is 1.22. The van der Waals surface area contributed by atoms with Crippen molar-refractivity contribution in [1.29, 1.82) is 0 Å². The fourth-order valence-electron chi connectivity index (χ4n) is 3.71. The summed E-state index contributed by atoms with van der Waals surface area (Å²) in [4.78, 5) is 14.9. The van der Waals surface area contributed by atoms with Gasteiger partial charge in [-0.2, -0.15) is 0 Å². The molecule has 2 saturated heterocycles. The van der Waals surface area contributed by atoms with Gasteiger partial charge in [-0.3, -0.25) is 4.79 Å². The number of hydrogen-bond donors (Lipinski definition) is 2. The van der Waals surface area contributed by atoms with Crippen LogP contribution in [0, 0.1) is 5.92 Å². The lowest BCUT2D eigenvalue weighted by Crippen LogP contribution is -2.37. The molecule has 2 atom stereocenters. The Hall–Kier alpha value is -1.39. The van der Waals surface area contributed by atoms with E-state index in [2.05, 4.69) is 39.8 Å². The van der Waals surface area contributed by atoms with E-state index in [0.717, 1.165) is 39.1 Å². The van der Waals surface area contributed by atoms with Crippen molar-refractivity contribution in [1.82, 2.24) is 15.5 Å². The van der Waals surface area contributed by atoms with Gasteiger partial charge in [0.2, 0.25) is 5.91 Å². The fourth-order valence-corrected chi connectivity index (χ4v) is 3.71. The van der Waals surface area contributed by atoms with Gasteiger partial charge in [-0.05, 0) is 63.3 Å².